The van der Waals surface area contributed by atoms with Crippen LogP contribution in [0.25, 0.3) is 0 Å². The molecule has 0 saturated heterocycles. The number of carbonyl (C=O) groups is 1. The van der Waals surface area contributed by atoms with Gasteiger partial charge in [-0.05, 0) is 54.9 Å². The van der Waals surface area contributed by atoms with Crippen LogP contribution < -0.4 is 11.1 Å². The number of nitrogens with one attached hydrogen (secondary N) is 1. The van der Waals surface area contributed by atoms with Crippen LogP contribution in [0.4, 0.5) is 5.69 Å². The Morgan fingerprint density at radius 3 is 2.94 bits per heavy atom. The molecule has 1 amide bonds. The minimum atomic E-state index is 0.189. The summed E-state index contributed by atoms with van der Waals surface area (Å²) in [5.74, 6) is 1.06. The highest BCUT2D eigenvalue weighted by atomic mass is 16.2. The molecule has 96 valence electrons. The Morgan fingerprint density at radius 2 is 2.22 bits per heavy atom. The summed E-state index contributed by atoms with van der Waals surface area (Å²) >= 11 is 0. The molecule has 0 radical (unpaired) electrons. The van der Waals surface area contributed by atoms with Crippen molar-refractivity contribution in [1.29, 1.82) is 0 Å². The number of carbonyl (C=O) groups excluding carboxylic acids is 1. The third kappa shape index (κ3) is 2.09. The standard InChI is InChI=1S/C15H20N2O/c1-9-7-13(9)15(18)17-14-4-2-3-10-8-11(16)5-6-12(10)14/h5-6,8-9,13-14H,2-4,7,16H2,1H3,(H,17,18). The van der Waals surface area contributed by atoms with E-state index in [1.165, 1.54) is 11.1 Å². The summed E-state index contributed by atoms with van der Waals surface area (Å²) < 4.78 is 0. The zero-order valence-electron chi connectivity index (χ0n) is 10.8. The quantitative estimate of drug-likeness (QED) is 0.785. The Labute approximate surface area is 108 Å². The average molecular weight is 244 g/mol. The smallest absolute Gasteiger partial charge is 0.223 e. The highest BCUT2D eigenvalue weighted by molar-refractivity contribution is 5.82. The summed E-state index contributed by atoms with van der Waals surface area (Å²) in [6.45, 7) is 2.14. The van der Waals surface area contributed by atoms with Crippen LogP contribution >= 0.6 is 0 Å². The maximum Gasteiger partial charge on any atom is 0.223 e. The maximum atomic E-state index is 12.0. The highest BCUT2D eigenvalue weighted by Crippen LogP contribution is 2.39. The van der Waals surface area contributed by atoms with Gasteiger partial charge >= 0.3 is 0 Å². The van der Waals surface area contributed by atoms with E-state index in [2.05, 4.69) is 18.3 Å². The fourth-order valence-electron chi connectivity index (χ4n) is 2.95. The summed E-state index contributed by atoms with van der Waals surface area (Å²) in [5.41, 5.74) is 9.20. The van der Waals surface area contributed by atoms with Crippen molar-refractivity contribution in [3.05, 3.63) is 29.3 Å². The molecule has 18 heavy (non-hydrogen) atoms. The predicted molar refractivity (Wildman–Crippen MR) is 71.9 cm³/mol. The summed E-state index contributed by atoms with van der Waals surface area (Å²) in [6.07, 6.45) is 4.30. The van der Waals surface area contributed by atoms with E-state index < -0.39 is 0 Å². The van der Waals surface area contributed by atoms with E-state index >= 15 is 0 Å². The molecule has 3 nitrogen and oxygen atoms in total. The minimum Gasteiger partial charge on any atom is -0.399 e. The van der Waals surface area contributed by atoms with Crippen molar-refractivity contribution in [3.8, 4) is 0 Å². The number of rotatable bonds is 2. The molecule has 1 fully saturated rings. The molecule has 1 aromatic rings. The van der Waals surface area contributed by atoms with Crippen LogP contribution in [0.3, 0.4) is 0 Å². The number of anilines is 1. The number of benzene rings is 1. The van der Waals surface area contributed by atoms with Gasteiger partial charge < -0.3 is 11.1 Å². The second kappa shape index (κ2) is 4.30. The van der Waals surface area contributed by atoms with Crippen molar-refractivity contribution in [2.75, 3.05) is 5.73 Å². The molecule has 0 spiro atoms. The molecule has 0 bridgehead atoms. The first-order valence-corrected chi connectivity index (χ1v) is 6.84. The van der Waals surface area contributed by atoms with Crippen molar-refractivity contribution < 1.29 is 4.79 Å². The number of hydrogen-bond donors (Lipinski definition) is 2. The fourth-order valence-corrected chi connectivity index (χ4v) is 2.95. The summed E-state index contributed by atoms with van der Waals surface area (Å²) in [6, 6.07) is 6.25. The predicted octanol–water partition coefficient (Wildman–Crippen LogP) is 2.42. The first-order valence-electron chi connectivity index (χ1n) is 6.84. The largest absolute Gasteiger partial charge is 0.399 e. The molecule has 0 aliphatic heterocycles. The molecule has 3 rings (SSSR count). The van der Waals surface area contributed by atoms with Gasteiger partial charge in [0.15, 0.2) is 0 Å². The average Bonchev–Trinajstić information content (AvgIpc) is 3.06. The number of amides is 1. The zero-order chi connectivity index (χ0) is 12.7. The Morgan fingerprint density at radius 1 is 1.44 bits per heavy atom. The van der Waals surface area contributed by atoms with Gasteiger partial charge in [0.25, 0.3) is 0 Å². The second-order valence-electron chi connectivity index (χ2n) is 5.73. The molecule has 2 aliphatic carbocycles. The highest BCUT2D eigenvalue weighted by Gasteiger charge is 2.40. The number of nitrogens with two attached hydrogens (primary N) is 1. The van der Waals surface area contributed by atoms with Gasteiger partial charge in [-0.3, -0.25) is 4.79 Å². The Hall–Kier alpha value is -1.51. The third-order valence-electron chi connectivity index (χ3n) is 4.24. The first-order chi connectivity index (χ1) is 8.65. The van der Waals surface area contributed by atoms with Crippen LogP contribution in [-0.2, 0) is 11.2 Å². The molecule has 2 aliphatic rings. The lowest BCUT2D eigenvalue weighted by Gasteiger charge is -2.26. The van der Waals surface area contributed by atoms with Crippen LogP contribution in [0.15, 0.2) is 18.2 Å². The lowest BCUT2D eigenvalue weighted by Crippen LogP contribution is -2.32. The van der Waals surface area contributed by atoms with E-state index in [4.69, 9.17) is 5.73 Å². The van der Waals surface area contributed by atoms with E-state index in [0.717, 1.165) is 31.4 Å². The van der Waals surface area contributed by atoms with Gasteiger partial charge in [0.1, 0.15) is 0 Å². The second-order valence-corrected chi connectivity index (χ2v) is 5.73. The van der Waals surface area contributed by atoms with Crippen molar-refractivity contribution in [3.63, 3.8) is 0 Å². The van der Waals surface area contributed by atoms with Gasteiger partial charge in [-0.2, -0.15) is 0 Å². The van der Waals surface area contributed by atoms with Crippen LogP contribution in [0, 0.1) is 11.8 Å². The van der Waals surface area contributed by atoms with Gasteiger partial charge in [0, 0.05) is 11.6 Å². The molecule has 0 aromatic heterocycles. The van der Waals surface area contributed by atoms with E-state index in [1.54, 1.807) is 0 Å². The molecule has 3 heteroatoms. The monoisotopic (exact) mass is 244 g/mol. The lowest BCUT2D eigenvalue weighted by atomic mass is 9.87. The molecule has 3 unspecified atom stereocenters. The van der Waals surface area contributed by atoms with Crippen LogP contribution in [0.5, 0.6) is 0 Å². The van der Waals surface area contributed by atoms with E-state index in [-0.39, 0.29) is 17.9 Å². The summed E-state index contributed by atoms with van der Waals surface area (Å²) in [4.78, 5) is 12.0. The van der Waals surface area contributed by atoms with Gasteiger partial charge in [0.05, 0.1) is 6.04 Å². The van der Waals surface area contributed by atoms with E-state index in [9.17, 15) is 4.79 Å². The Bertz CT molecular complexity index is 483. The molecule has 0 heterocycles. The van der Waals surface area contributed by atoms with Gasteiger partial charge in [0.2, 0.25) is 5.91 Å². The number of nitrogen functional groups attached to an aromatic ring is 1. The molecule has 3 atom stereocenters. The van der Waals surface area contributed by atoms with Crippen LogP contribution in [0.2, 0.25) is 0 Å². The summed E-state index contributed by atoms with van der Waals surface area (Å²) in [5, 5.41) is 3.21. The molecular formula is C15H20N2O. The van der Waals surface area contributed by atoms with Crippen LogP contribution in [0.1, 0.15) is 43.4 Å². The molecular weight excluding hydrogens is 224 g/mol. The maximum absolute atomic E-state index is 12.0. The normalized spacial score (nSPS) is 29.5. The van der Waals surface area contributed by atoms with Gasteiger partial charge in [-0.15, -0.1) is 0 Å². The lowest BCUT2D eigenvalue weighted by molar-refractivity contribution is -0.123. The molecule has 1 aromatic carbocycles. The fraction of sp³-hybridized carbons (Fsp3) is 0.533. The van der Waals surface area contributed by atoms with Crippen molar-refractivity contribution in [1.82, 2.24) is 5.32 Å². The third-order valence-corrected chi connectivity index (χ3v) is 4.24. The molecule has 3 N–H and O–H groups in total. The number of aryl methyl sites for hydroxylation is 1. The van der Waals surface area contributed by atoms with E-state index in [0.29, 0.717) is 5.92 Å². The molecule has 1 saturated carbocycles. The topological polar surface area (TPSA) is 55.1 Å². The Balaban J connectivity index is 1.77. The van der Waals surface area contributed by atoms with E-state index in [1.807, 2.05) is 12.1 Å². The number of hydrogen-bond acceptors (Lipinski definition) is 2. The number of fused-ring (bicyclic) bond motifs is 1. The van der Waals surface area contributed by atoms with Crippen molar-refractivity contribution >= 4 is 11.6 Å². The SMILES string of the molecule is CC1CC1C(=O)NC1CCCc2cc(N)ccc21. The summed E-state index contributed by atoms with van der Waals surface area (Å²) in [7, 11) is 0. The van der Waals surface area contributed by atoms with Crippen molar-refractivity contribution in [2.24, 2.45) is 11.8 Å². The zero-order valence-corrected chi connectivity index (χ0v) is 10.8. The van der Waals surface area contributed by atoms with Crippen LogP contribution in [-0.4, -0.2) is 5.91 Å². The Kier molecular flexibility index (Phi) is 2.77. The van der Waals surface area contributed by atoms with Crippen molar-refractivity contribution in [2.45, 2.75) is 38.6 Å². The first kappa shape index (κ1) is 11.6. The van der Waals surface area contributed by atoms with Gasteiger partial charge in [-0.1, -0.05) is 13.0 Å². The minimum absolute atomic E-state index is 0.189. The van der Waals surface area contributed by atoms with Gasteiger partial charge in [-0.25, -0.2) is 0 Å².